The van der Waals surface area contributed by atoms with Crippen LogP contribution in [-0.4, -0.2) is 159 Å². The molecular weight excluding hydrogens is 1060 g/mol. The number of hydrogen-bond donors (Lipinski definition) is 19. The second kappa shape index (κ2) is 33.3. The average molecular weight is 1130 g/mol. The Morgan fingerprint density at radius 2 is 0.987 bits per heavy atom. The zero-order chi connectivity index (χ0) is 58.7. The lowest BCUT2D eigenvalue weighted by Gasteiger charge is -2.28. The van der Waals surface area contributed by atoms with Crippen LogP contribution in [0.4, 0.5) is 0 Å². The number of H-pyrrole nitrogens is 1. The summed E-state index contributed by atoms with van der Waals surface area (Å²) in [6.07, 6.45) is 1.88. The predicted molar refractivity (Wildman–Crippen MR) is 292 cm³/mol. The number of para-hydroxylation sites is 1. The van der Waals surface area contributed by atoms with E-state index < -0.39 is 98.1 Å². The van der Waals surface area contributed by atoms with Crippen LogP contribution < -0.4 is 77.8 Å². The maximum Gasteiger partial charge on any atom is 0.469 e. The fourth-order valence-electron chi connectivity index (χ4n) is 7.77. The number of carboxylic acids is 1. The molecule has 3 aromatic rings. The van der Waals surface area contributed by atoms with Gasteiger partial charge in [-0.25, -0.2) is 9.36 Å². The van der Waals surface area contributed by atoms with Crippen molar-refractivity contribution in [3.05, 3.63) is 65.9 Å². The summed E-state index contributed by atoms with van der Waals surface area (Å²) in [6, 6.07) is 2.26. The average Bonchev–Trinajstić information content (AvgIpc) is 3.80. The Balaban J connectivity index is 2.05. The number of aromatic nitrogens is 1. The lowest BCUT2D eigenvalue weighted by Crippen LogP contribution is -2.60. The number of aliphatic carboxylic acids is 1. The molecule has 79 heavy (non-hydrogen) atoms. The number of unbranched alkanes of at least 4 members (excludes halogenated alkanes) is 1. The number of guanidine groups is 3. The molecule has 0 radical (unpaired) electrons. The van der Waals surface area contributed by atoms with E-state index in [1.165, 1.54) is 24.3 Å². The second-order valence-electron chi connectivity index (χ2n) is 18.2. The Bertz CT molecular complexity index is 2640. The van der Waals surface area contributed by atoms with Crippen LogP contribution in [0, 0.1) is 0 Å². The first-order valence-corrected chi connectivity index (χ1v) is 26.6. The van der Waals surface area contributed by atoms with Gasteiger partial charge in [0, 0.05) is 49.6 Å². The molecule has 1 aromatic heterocycles. The number of carbonyl (C=O) groups is 7. The van der Waals surface area contributed by atoms with E-state index in [9.17, 15) is 48.3 Å². The highest BCUT2D eigenvalue weighted by atomic mass is 31.2. The number of nitrogens with one attached hydrogen (secondary N) is 7. The molecule has 3 rings (SSSR count). The molecule has 1 heterocycles. The van der Waals surface area contributed by atoms with Gasteiger partial charge in [-0.05, 0) is 93.7 Å². The van der Waals surface area contributed by atoms with Gasteiger partial charge in [0.15, 0.2) is 17.9 Å². The van der Waals surface area contributed by atoms with Crippen molar-refractivity contribution in [1.29, 1.82) is 0 Å². The minimum Gasteiger partial charge on any atom is -0.508 e. The van der Waals surface area contributed by atoms with Crippen molar-refractivity contribution < 1.29 is 62.7 Å². The van der Waals surface area contributed by atoms with Gasteiger partial charge < -0.3 is 103 Å². The second-order valence-corrected chi connectivity index (χ2v) is 19.4. The molecule has 6 amide bonds. The maximum atomic E-state index is 14.8. The van der Waals surface area contributed by atoms with Gasteiger partial charge in [-0.3, -0.25) is 48.3 Å². The van der Waals surface area contributed by atoms with E-state index in [2.05, 4.69) is 56.4 Å². The van der Waals surface area contributed by atoms with E-state index in [0.717, 1.165) is 0 Å². The quantitative estimate of drug-likeness (QED) is 0.0113. The number of aromatic amines is 1. The van der Waals surface area contributed by atoms with Gasteiger partial charge in [0.05, 0.1) is 6.61 Å². The van der Waals surface area contributed by atoms with Crippen molar-refractivity contribution >= 4 is 78.0 Å². The van der Waals surface area contributed by atoms with Gasteiger partial charge in [-0.2, -0.15) is 0 Å². The largest absolute Gasteiger partial charge is 0.508 e. The highest BCUT2D eigenvalue weighted by Gasteiger charge is 2.34. The van der Waals surface area contributed by atoms with E-state index in [4.69, 9.17) is 55.7 Å². The lowest BCUT2D eigenvalue weighted by molar-refractivity contribution is -0.142. The molecule has 0 saturated heterocycles. The summed E-state index contributed by atoms with van der Waals surface area (Å²) < 4.78 is 15.7. The summed E-state index contributed by atoms with van der Waals surface area (Å²) in [7, 11) is -5.06. The van der Waals surface area contributed by atoms with Crippen LogP contribution >= 0.6 is 7.82 Å². The van der Waals surface area contributed by atoms with Crippen LogP contribution in [-0.2, 0) is 55.5 Å². The smallest absolute Gasteiger partial charge is 0.469 e. The minimum atomic E-state index is -5.06. The number of hydrogen-bond acceptors (Lipinski definition) is 15. The summed E-state index contributed by atoms with van der Waals surface area (Å²) in [5.41, 5.74) is 46.1. The summed E-state index contributed by atoms with van der Waals surface area (Å²) >= 11 is 0. The first-order valence-electron chi connectivity index (χ1n) is 25.1. The molecule has 0 saturated carbocycles. The van der Waals surface area contributed by atoms with Gasteiger partial charge in [-0.15, -0.1) is 0 Å². The van der Waals surface area contributed by atoms with E-state index in [0.29, 0.717) is 34.9 Å². The number of phosphoric acid groups is 1. The van der Waals surface area contributed by atoms with E-state index in [1.807, 2.05) is 0 Å². The number of fused-ring (bicyclic) bond motifs is 1. The molecule has 32 heteroatoms. The Labute approximate surface area is 454 Å². The van der Waals surface area contributed by atoms with Crippen LogP contribution in [0.2, 0.25) is 0 Å². The van der Waals surface area contributed by atoms with E-state index in [-0.39, 0.29) is 108 Å². The fraction of sp³-hybridized carbons (Fsp3) is 0.489. The third-order valence-electron chi connectivity index (χ3n) is 11.8. The van der Waals surface area contributed by atoms with Gasteiger partial charge >= 0.3 is 13.8 Å². The third-order valence-corrected chi connectivity index (χ3v) is 12.3. The minimum absolute atomic E-state index is 0.0212. The molecule has 31 nitrogen and oxygen atoms in total. The SMILES string of the molecule is NCCCC[C@H](NC(=O)[C@H](Cc1c[nH]c2ccccc12)NC(=O)[C@H](CCCN=C(N)N)NC(=O)[C@H](Cc1ccc(O)cc1)NC(=O)[C@@H](N)COP(=O)(O)O)C(=O)N[C@@H](CCCN=C(N)N)C(=O)N[C@@H](CCCN=C(N)N)C(=O)O. The van der Waals surface area contributed by atoms with Crippen molar-refractivity contribution in [3.63, 3.8) is 0 Å². The first kappa shape index (κ1) is 65.2. The number of phenolic OH excluding ortho intramolecular Hbond substituents is 1. The lowest BCUT2D eigenvalue weighted by atomic mass is 10.0. The Morgan fingerprint density at radius 1 is 0.570 bits per heavy atom. The number of nitrogens with zero attached hydrogens (tertiary/aromatic N) is 3. The molecule has 0 aliphatic carbocycles. The maximum absolute atomic E-state index is 14.8. The van der Waals surface area contributed by atoms with Crippen LogP contribution in [0.25, 0.3) is 10.9 Å². The molecule has 7 atom stereocenters. The molecule has 0 aliphatic rings. The molecule has 2 aromatic carbocycles. The Kier molecular flexibility index (Phi) is 27.4. The Hall–Kier alpha value is -8.09. The van der Waals surface area contributed by atoms with Crippen LogP contribution in [0.5, 0.6) is 5.75 Å². The summed E-state index contributed by atoms with van der Waals surface area (Å²) in [4.78, 5) is 131. The number of carbonyl (C=O) groups excluding carboxylic acids is 6. The number of phosphoric ester groups is 1. The molecule has 0 unspecified atom stereocenters. The van der Waals surface area contributed by atoms with Gasteiger partial charge in [-0.1, -0.05) is 30.3 Å². The highest BCUT2D eigenvalue weighted by Crippen LogP contribution is 2.35. The van der Waals surface area contributed by atoms with E-state index >= 15 is 0 Å². The molecule has 436 valence electrons. The highest BCUT2D eigenvalue weighted by molar-refractivity contribution is 7.46. The van der Waals surface area contributed by atoms with Gasteiger partial charge in [0.1, 0.15) is 48.0 Å². The Morgan fingerprint density at radius 3 is 1.46 bits per heavy atom. The summed E-state index contributed by atoms with van der Waals surface area (Å²) in [6.45, 7) is -0.646. The monoisotopic (exact) mass is 1130 g/mol. The number of carboxylic acid groups (broad SMARTS) is 1. The van der Waals surface area contributed by atoms with Crippen molar-refractivity contribution in [2.24, 2.45) is 60.8 Å². The fourth-order valence-corrected chi connectivity index (χ4v) is 8.12. The van der Waals surface area contributed by atoms with Crippen LogP contribution in [0.15, 0.2) is 69.7 Å². The first-order chi connectivity index (χ1) is 37.4. The zero-order valence-corrected chi connectivity index (χ0v) is 44.3. The summed E-state index contributed by atoms with van der Waals surface area (Å²) in [5.74, 6) is -7.76. The standard InChI is InChI=1S/C47H75N18O13P/c48-18-4-3-10-32(39(68)60-33(11-5-19-56-45(50)51)40(69)63-35(44(73)74)13-7-21-58-47(54)55)61-43(72)37(23-27-24-59-31-9-2-1-8-29(27)31)65-41(70)34(12-6-20-57-46(52)53)62-42(71)36(22-26-14-16-28(66)17-15-26)64-38(67)30(49)25-78-79(75,76)77/h1-2,8-9,14-17,24,30,32-37,59,66H,3-7,10-13,18-23,25,48-49H2,(H,60,68)(H,61,72)(H,62,71)(H,63,69)(H,64,67)(H,65,70)(H,73,74)(H4,50,51,56)(H4,52,53,57)(H4,54,55,58)(H2,75,76,77)/t30-,32-,33-,34-,35-,36-,37-/m0/s1. The molecular formula is C47H75N18O13P. The molecule has 0 aliphatic heterocycles. The topological polar surface area (TPSA) is 560 Å². The van der Waals surface area contributed by atoms with E-state index in [1.54, 1.807) is 30.5 Å². The third kappa shape index (κ3) is 24.8. The number of nitrogens with two attached hydrogens (primary N) is 8. The number of rotatable bonds is 36. The van der Waals surface area contributed by atoms with Crippen molar-refractivity contribution in [1.82, 2.24) is 36.9 Å². The van der Waals surface area contributed by atoms with Crippen LogP contribution in [0.3, 0.4) is 0 Å². The molecule has 0 spiro atoms. The number of aliphatic imine (C=N–C) groups is 3. The van der Waals surface area contributed by atoms with Crippen molar-refractivity contribution in [2.45, 2.75) is 113 Å². The number of aromatic hydroxyl groups is 1. The number of phenols is 1. The predicted octanol–water partition coefficient (Wildman–Crippen LogP) is -4.62. The molecule has 27 N–H and O–H groups in total. The van der Waals surface area contributed by atoms with Gasteiger partial charge in [0.25, 0.3) is 0 Å². The molecule has 0 fully saturated rings. The van der Waals surface area contributed by atoms with Crippen molar-refractivity contribution in [3.8, 4) is 5.75 Å². The molecule has 0 bridgehead atoms. The van der Waals surface area contributed by atoms with Crippen molar-refractivity contribution in [2.75, 3.05) is 32.8 Å². The summed E-state index contributed by atoms with van der Waals surface area (Å²) in [5, 5.41) is 36.1. The van der Waals surface area contributed by atoms with Gasteiger partial charge in [0.2, 0.25) is 35.4 Å². The number of benzene rings is 2. The zero-order valence-electron chi connectivity index (χ0n) is 43.4. The van der Waals surface area contributed by atoms with Crippen LogP contribution in [0.1, 0.15) is 68.9 Å². The normalized spacial score (nSPS) is 13.9. The number of amides is 6.